The Morgan fingerprint density at radius 1 is 1.06 bits per heavy atom. The van der Waals surface area contributed by atoms with Crippen molar-refractivity contribution in [3.8, 4) is 11.8 Å². The highest BCUT2D eigenvalue weighted by atomic mass is 16.6. The predicted octanol–water partition coefficient (Wildman–Crippen LogP) is 3.10. The molecule has 3 fully saturated rings. The number of likely N-dealkylation sites (tertiary alicyclic amines) is 2. The molecular weight excluding hydrogens is 460 g/mol. The smallest absolute Gasteiger partial charge is 0.410 e. The fourth-order valence-corrected chi connectivity index (χ4v) is 5.22. The first-order valence-corrected chi connectivity index (χ1v) is 12.3. The van der Waals surface area contributed by atoms with Gasteiger partial charge in [0.2, 0.25) is 0 Å². The monoisotopic (exact) mass is 486 g/mol. The molecule has 2 aliphatic heterocycles. The summed E-state index contributed by atoms with van der Waals surface area (Å²) in [6.07, 6.45) is 2.94. The summed E-state index contributed by atoms with van der Waals surface area (Å²) >= 11 is 0. The molecule has 3 heterocycles. The van der Waals surface area contributed by atoms with Gasteiger partial charge in [0.05, 0.1) is 23.3 Å². The summed E-state index contributed by atoms with van der Waals surface area (Å²) in [4.78, 5) is 29.4. The fraction of sp³-hybridized carbons (Fsp3) is 0.423. The van der Waals surface area contributed by atoms with Crippen LogP contribution in [0, 0.1) is 23.2 Å². The molecule has 0 spiro atoms. The molecule has 0 bridgehead atoms. The van der Waals surface area contributed by atoms with Crippen LogP contribution in [0.2, 0.25) is 0 Å². The van der Waals surface area contributed by atoms with Gasteiger partial charge in [-0.15, -0.1) is 5.10 Å². The normalized spacial score (nSPS) is 21.2. The van der Waals surface area contributed by atoms with E-state index in [0.717, 1.165) is 30.3 Å². The number of hydrogen-bond donors (Lipinski definition) is 1. The minimum absolute atomic E-state index is 0.0248. The molecule has 3 aliphatic rings. The van der Waals surface area contributed by atoms with Gasteiger partial charge in [-0.1, -0.05) is 11.3 Å². The van der Waals surface area contributed by atoms with E-state index < -0.39 is 0 Å². The first-order chi connectivity index (χ1) is 17.6. The highest BCUT2D eigenvalue weighted by Gasteiger charge is 2.43. The molecule has 2 aromatic carbocycles. The molecule has 10 heteroatoms. The zero-order valence-corrected chi connectivity index (χ0v) is 19.7. The Hall–Kier alpha value is -4.13. The Bertz CT molecular complexity index is 1350. The van der Waals surface area contributed by atoms with Crippen molar-refractivity contribution in [1.82, 2.24) is 25.2 Å². The van der Waals surface area contributed by atoms with Crippen molar-refractivity contribution in [1.29, 1.82) is 5.26 Å². The molecule has 6 rings (SSSR count). The Balaban J connectivity index is 1.04. The van der Waals surface area contributed by atoms with Gasteiger partial charge in [-0.25, -0.2) is 4.79 Å². The average Bonchev–Trinajstić information content (AvgIpc) is 3.59. The molecule has 0 unspecified atom stereocenters. The van der Waals surface area contributed by atoms with E-state index in [2.05, 4.69) is 21.5 Å². The number of rotatable bonds is 5. The third-order valence-electron chi connectivity index (χ3n) is 7.50. The molecule has 10 nitrogen and oxygen atoms in total. The number of aromatic amines is 1. The zero-order chi connectivity index (χ0) is 24.6. The van der Waals surface area contributed by atoms with Gasteiger partial charge in [-0.3, -0.25) is 9.89 Å². The number of amides is 2. The third-order valence-corrected chi connectivity index (χ3v) is 7.50. The molecule has 3 aromatic rings. The van der Waals surface area contributed by atoms with Crippen molar-refractivity contribution in [2.45, 2.75) is 32.0 Å². The van der Waals surface area contributed by atoms with Crippen LogP contribution in [0.15, 0.2) is 36.4 Å². The van der Waals surface area contributed by atoms with E-state index in [4.69, 9.17) is 9.47 Å². The van der Waals surface area contributed by atoms with Gasteiger partial charge in [0, 0.05) is 49.1 Å². The van der Waals surface area contributed by atoms with Crippen LogP contribution in [0.1, 0.15) is 40.7 Å². The van der Waals surface area contributed by atoms with Crippen molar-refractivity contribution in [2.24, 2.45) is 11.8 Å². The lowest BCUT2D eigenvalue weighted by Crippen LogP contribution is -2.35. The molecule has 1 aromatic heterocycles. The maximum Gasteiger partial charge on any atom is 0.410 e. The van der Waals surface area contributed by atoms with Crippen molar-refractivity contribution in [2.75, 3.05) is 26.2 Å². The van der Waals surface area contributed by atoms with Gasteiger partial charge in [0.1, 0.15) is 17.9 Å². The number of aromatic nitrogens is 3. The molecule has 1 saturated carbocycles. The van der Waals surface area contributed by atoms with E-state index in [9.17, 15) is 14.9 Å². The zero-order valence-electron chi connectivity index (χ0n) is 19.7. The highest BCUT2D eigenvalue weighted by molar-refractivity contribution is 5.97. The third kappa shape index (κ3) is 4.21. The van der Waals surface area contributed by atoms with Crippen LogP contribution in [0.25, 0.3) is 11.0 Å². The first-order valence-electron chi connectivity index (χ1n) is 12.3. The summed E-state index contributed by atoms with van der Waals surface area (Å²) in [6.45, 7) is 2.44. The van der Waals surface area contributed by atoms with Crippen molar-refractivity contribution in [3.63, 3.8) is 0 Å². The standard InChI is InChI=1S/C26H26N6O4/c27-10-16-4-5-18(24(8-16)36-21-2-1-3-21)15-35-26(34)32-13-19-11-31(12-20(19)14-32)25(33)17-6-7-22-23(9-17)29-30-28-22/h4-9,19-21H,1-3,11-15H2,(H,28,29,30)/t19-,20-/m0/s1. The molecule has 36 heavy (non-hydrogen) atoms. The van der Waals surface area contributed by atoms with Crippen LogP contribution in [-0.2, 0) is 11.3 Å². The fourth-order valence-electron chi connectivity index (χ4n) is 5.22. The van der Waals surface area contributed by atoms with Crippen LogP contribution in [0.5, 0.6) is 5.75 Å². The predicted molar refractivity (Wildman–Crippen MR) is 128 cm³/mol. The van der Waals surface area contributed by atoms with E-state index in [1.807, 2.05) is 11.0 Å². The van der Waals surface area contributed by atoms with Crippen LogP contribution in [-0.4, -0.2) is 69.5 Å². The van der Waals surface area contributed by atoms with Gasteiger partial charge in [0.15, 0.2) is 0 Å². The molecule has 0 radical (unpaired) electrons. The summed E-state index contributed by atoms with van der Waals surface area (Å²) in [5.41, 5.74) is 3.33. The highest BCUT2D eigenvalue weighted by Crippen LogP contribution is 2.33. The minimum atomic E-state index is -0.363. The van der Waals surface area contributed by atoms with E-state index in [-0.39, 0.29) is 36.5 Å². The number of nitrogens with zero attached hydrogens (tertiary/aromatic N) is 5. The number of carbonyl (C=O) groups is 2. The van der Waals surface area contributed by atoms with E-state index in [0.29, 0.717) is 48.6 Å². The number of nitriles is 1. The Morgan fingerprint density at radius 2 is 1.83 bits per heavy atom. The van der Waals surface area contributed by atoms with Crippen LogP contribution in [0.3, 0.4) is 0 Å². The van der Waals surface area contributed by atoms with Gasteiger partial charge in [-0.2, -0.15) is 5.26 Å². The maximum atomic E-state index is 13.0. The molecule has 1 N–H and O–H groups in total. The summed E-state index contributed by atoms with van der Waals surface area (Å²) in [5.74, 6) is 1.04. The molecule has 2 amide bonds. The lowest BCUT2D eigenvalue weighted by atomic mass is 9.96. The SMILES string of the molecule is N#Cc1ccc(COC(=O)N2C[C@@H]3CN(C(=O)c4ccc5[nH]nnc5c4)C[C@H]3C2)c(OC2CCC2)c1. The van der Waals surface area contributed by atoms with E-state index in [1.165, 1.54) is 0 Å². The molecule has 2 atom stereocenters. The Morgan fingerprint density at radius 3 is 2.56 bits per heavy atom. The van der Waals surface area contributed by atoms with Gasteiger partial charge in [0.25, 0.3) is 5.91 Å². The number of H-pyrrole nitrogens is 1. The lowest BCUT2D eigenvalue weighted by Gasteiger charge is -2.27. The lowest BCUT2D eigenvalue weighted by molar-refractivity contribution is 0.0763. The van der Waals surface area contributed by atoms with Crippen molar-refractivity contribution < 1.29 is 19.1 Å². The first kappa shape index (κ1) is 22.3. The summed E-state index contributed by atoms with van der Waals surface area (Å²) in [6, 6.07) is 12.7. The number of fused-ring (bicyclic) bond motifs is 2. The minimum Gasteiger partial charge on any atom is -0.490 e. The Labute approximate surface area is 207 Å². The van der Waals surface area contributed by atoms with Crippen LogP contribution >= 0.6 is 0 Å². The molecule has 2 saturated heterocycles. The number of hydrogen-bond acceptors (Lipinski definition) is 7. The summed E-state index contributed by atoms with van der Waals surface area (Å²) < 4.78 is 11.7. The van der Waals surface area contributed by atoms with Crippen LogP contribution < -0.4 is 4.74 Å². The van der Waals surface area contributed by atoms with Gasteiger partial charge >= 0.3 is 6.09 Å². The summed E-state index contributed by atoms with van der Waals surface area (Å²) in [5, 5.41) is 19.8. The van der Waals surface area contributed by atoms with E-state index >= 15 is 0 Å². The number of ether oxygens (including phenoxy) is 2. The van der Waals surface area contributed by atoms with Crippen LogP contribution in [0.4, 0.5) is 4.79 Å². The maximum absolute atomic E-state index is 13.0. The van der Waals surface area contributed by atoms with E-state index in [1.54, 1.807) is 35.2 Å². The largest absolute Gasteiger partial charge is 0.490 e. The van der Waals surface area contributed by atoms with Crippen molar-refractivity contribution >= 4 is 23.0 Å². The quantitative estimate of drug-likeness (QED) is 0.587. The second-order valence-corrected chi connectivity index (χ2v) is 9.84. The summed E-state index contributed by atoms with van der Waals surface area (Å²) in [7, 11) is 0. The van der Waals surface area contributed by atoms with Gasteiger partial charge in [-0.05, 0) is 49.6 Å². The Kier molecular flexibility index (Phi) is 5.68. The average molecular weight is 487 g/mol. The topological polar surface area (TPSA) is 124 Å². The molecular formula is C26H26N6O4. The second kappa shape index (κ2) is 9.15. The molecule has 1 aliphatic carbocycles. The van der Waals surface area contributed by atoms with Crippen molar-refractivity contribution in [3.05, 3.63) is 53.1 Å². The number of nitrogens with one attached hydrogen (secondary N) is 1. The van der Waals surface area contributed by atoms with Gasteiger partial charge < -0.3 is 19.3 Å². The second-order valence-electron chi connectivity index (χ2n) is 9.84. The molecule has 184 valence electrons. The number of benzene rings is 2. The number of carbonyl (C=O) groups excluding carboxylic acids is 2.